The van der Waals surface area contributed by atoms with Crippen LogP contribution in [0.3, 0.4) is 0 Å². The van der Waals surface area contributed by atoms with E-state index in [9.17, 15) is 9.59 Å². The number of carbonyl (C=O) groups excluding carboxylic acids is 2. The molecule has 5 nitrogen and oxygen atoms in total. The quantitative estimate of drug-likeness (QED) is 0.764. The Bertz CT molecular complexity index is 964. The van der Waals surface area contributed by atoms with E-state index >= 15 is 0 Å². The number of benzene rings is 2. The van der Waals surface area contributed by atoms with Crippen molar-refractivity contribution in [2.75, 3.05) is 11.9 Å². The zero-order chi connectivity index (χ0) is 21.1. The Kier molecular flexibility index (Phi) is 6.42. The number of nitrogens with one attached hydrogen (secondary N) is 1. The molecule has 0 aromatic heterocycles. The number of aryl methyl sites for hydroxylation is 4. The molecule has 1 atom stereocenters. The Morgan fingerprint density at radius 2 is 1.76 bits per heavy atom. The number of carbonyl (C=O) groups is 2. The van der Waals surface area contributed by atoms with Crippen molar-refractivity contribution in [3.63, 3.8) is 0 Å². The molecule has 1 heterocycles. The fraction of sp³-hybridized carbons (Fsp3) is 0.348. The summed E-state index contributed by atoms with van der Waals surface area (Å²) in [6, 6.07) is 12.0. The van der Waals surface area contributed by atoms with E-state index < -0.39 is 5.25 Å². The summed E-state index contributed by atoms with van der Waals surface area (Å²) in [6.07, 6.45) is 0.124. The number of nitrogens with zero attached hydrogens (tertiary/aromatic N) is 2. The SMILES string of the molecule is CCN1C(=O)C(CC(=O)Nc2cc(C)cc(C)c2)SC1=Nc1cc(C)ccc1C. The largest absolute Gasteiger partial charge is 0.326 e. The number of rotatable bonds is 5. The van der Waals surface area contributed by atoms with Crippen LogP contribution in [0.15, 0.2) is 41.4 Å². The number of hydrogen-bond acceptors (Lipinski definition) is 4. The van der Waals surface area contributed by atoms with Gasteiger partial charge in [0.1, 0.15) is 5.25 Å². The third-order valence-electron chi connectivity index (χ3n) is 4.79. The van der Waals surface area contributed by atoms with Crippen molar-refractivity contribution in [2.45, 2.75) is 46.3 Å². The summed E-state index contributed by atoms with van der Waals surface area (Å²) in [6.45, 7) is 10.5. The average molecular weight is 410 g/mol. The van der Waals surface area contributed by atoms with Gasteiger partial charge in [-0.3, -0.25) is 14.5 Å². The first kappa shape index (κ1) is 21.1. The van der Waals surface area contributed by atoms with Crippen LogP contribution in [0.25, 0.3) is 0 Å². The maximum absolute atomic E-state index is 12.8. The van der Waals surface area contributed by atoms with E-state index in [4.69, 9.17) is 4.99 Å². The molecule has 0 spiro atoms. The second-order valence-corrected chi connectivity index (χ2v) is 8.67. The predicted octanol–water partition coefficient (Wildman–Crippen LogP) is 4.90. The van der Waals surface area contributed by atoms with Gasteiger partial charge in [-0.15, -0.1) is 0 Å². The van der Waals surface area contributed by atoms with Crippen LogP contribution < -0.4 is 5.32 Å². The van der Waals surface area contributed by atoms with Crippen LogP contribution in [0.2, 0.25) is 0 Å². The lowest BCUT2D eigenvalue weighted by molar-refractivity contribution is -0.128. The van der Waals surface area contributed by atoms with E-state index in [1.165, 1.54) is 11.8 Å². The molecule has 6 heteroatoms. The summed E-state index contributed by atoms with van der Waals surface area (Å²) in [5.74, 6) is -0.220. The molecular weight excluding hydrogens is 382 g/mol. The van der Waals surface area contributed by atoms with Crippen LogP contribution in [0, 0.1) is 27.7 Å². The molecule has 152 valence electrons. The first-order chi connectivity index (χ1) is 13.8. The van der Waals surface area contributed by atoms with Crippen LogP contribution >= 0.6 is 11.8 Å². The molecule has 0 aliphatic carbocycles. The molecule has 3 rings (SSSR count). The maximum atomic E-state index is 12.8. The standard InChI is InChI=1S/C23H27N3O2S/c1-6-26-22(28)20(13-21(27)24-18-10-15(3)9-16(4)11-18)29-23(26)25-19-12-14(2)7-8-17(19)5/h7-12,20H,6,13H2,1-5H3,(H,24,27). The van der Waals surface area contributed by atoms with Gasteiger partial charge in [0.2, 0.25) is 11.8 Å². The molecule has 1 N–H and O–H groups in total. The molecule has 29 heavy (non-hydrogen) atoms. The van der Waals surface area contributed by atoms with Crippen LogP contribution in [0.1, 0.15) is 35.6 Å². The number of anilines is 1. The van der Waals surface area contributed by atoms with Gasteiger partial charge in [-0.05, 0) is 75.1 Å². The van der Waals surface area contributed by atoms with Gasteiger partial charge in [0.05, 0.1) is 5.69 Å². The van der Waals surface area contributed by atoms with E-state index in [0.717, 1.165) is 33.6 Å². The number of amides is 2. The van der Waals surface area contributed by atoms with Crippen LogP contribution in [0.4, 0.5) is 11.4 Å². The van der Waals surface area contributed by atoms with Crippen LogP contribution in [0.5, 0.6) is 0 Å². The van der Waals surface area contributed by atoms with Crippen molar-refractivity contribution in [3.8, 4) is 0 Å². The highest BCUT2D eigenvalue weighted by Gasteiger charge is 2.38. The first-order valence-corrected chi connectivity index (χ1v) is 10.7. The molecular formula is C23H27N3O2S. The summed E-state index contributed by atoms with van der Waals surface area (Å²) < 4.78 is 0. The first-order valence-electron chi connectivity index (χ1n) is 9.79. The minimum Gasteiger partial charge on any atom is -0.326 e. The molecule has 0 saturated carbocycles. The second-order valence-electron chi connectivity index (χ2n) is 7.50. The van der Waals surface area contributed by atoms with Crippen molar-refractivity contribution < 1.29 is 9.59 Å². The third-order valence-corrected chi connectivity index (χ3v) is 5.97. The van der Waals surface area contributed by atoms with Gasteiger partial charge < -0.3 is 5.32 Å². The summed E-state index contributed by atoms with van der Waals surface area (Å²) in [7, 11) is 0. The molecule has 1 saturated heterocycles. The van der Waals surface area contributed by atoms with Crippen molar-refractivity contribution in [1.82, 2.24) is 4.90 Å². The number of hydrogen-bond donors (Lipinski definition) is 1. The van der Waals surface area contributed by atoms with E-state index in [1.54, 1.807) is 4.90 Å². The van der Waals surface area contributed by atoms with Gasteiger partial charge in [-0.1, -0.05) is 30.0 Å². The van der Waals surface area contributed by atoms with Crippen molar-refractivity contribution >= 4 is 40.1 Å². The second kappa shape index (κ2) is 8.82. The smallest absolute Gasteiger partial charge is 0.242 e. The fourth-order valence-corrected chi connectivity index (χ4v) is 4.60. The van der Waals surface area contributed by atoms with Crippen LogP contribution in [-0.2, 0) is 9.59 Å². The minimum absolute atomic E-state index is 0.0582. The highest BCUT2D eigenvalue weighted by molar-refractivity contribution is 8.15. The van der Waals surface area contributed by atoms with Gasteiger partial charge in [0, 0.05) is 18.7 Å². The lowest BCUT2D eigenvalue weighted by Crippen LogP contribution is -2.33. The van der Waals surface area contributed by atoms with Crippen LogP contribution in [-0.4, -0.2) is 33.7 Å². The van der Waals surface area contributed by atoms with Gasteiger partial charge in [-0.25, -0.2) is 4.99 Å². The fourth-order valence-electron chi connectivity index (χ4n) is 3.39. The van der Waals surface area contributed by atoms with Crippen molar-refractivity contribution in [3.05, 3.63) is 58.7 Å². The lowest BCUT2D eigenvalue weighted by Gasteiger charge is -2.14. The van der Waals surface area contributed by atoms with E-state index in [1.807, 2.05) is 65.0 Å². The average Bonchev–Trinajstić information content (AvgIpc) is 2.91. The molecule has 1 aliphatic rings. The van der Waals surface area contributed by atoms with E-state index in [-0.39, 0.29) is 18.2 Å². The van der Waals surface area contributed by atoms with Crippen molar-refractivity contribution in [2.24, 2.45) is 4.99 Å². The summed E-state index contributed by atoms with van der Waals surface area (Å²) >= 11 is 1.37. The highest BCUT2D eigenvalue weighted by atomic mass is 32.2. The molecule has 2 aromatic carbocycles. The minimum atomic E-state index is -0.454. The Hall–Kier alpha value is -2.60. The molecule has 2 amide bonds. The summed E-state index contributed by atoms with van der Waals surface area (Å²) in [4.78, 5) is 31.8. The Balaban J connectivity index is 1.75. The monoisotopic (exact) mass is 409 g/mol. The number of amidine groups is 1. The van der Waals surface area contributed by atoms with E-state index in [0.29, 0.717) is 11.7 Å². The highest BCUT2D eigenvalue weighted by Crippen LogP contribution is 2.32. The zero-order valence-electron chi connectivity index (χ0n) is 17.6. The number of thioether (sulfide) groups is 1. The lowest BCUT2D eigenvalue weighted by atomic mass is 10.1. The normalized spacial score (nSPS) is 17.8. The summed E-state index contributed by atoms with van der Waals surface area (Å²) in [5, 5.41) is 3.13. The van der Waals surface area contributed by atoms with Gasteiger partial charge in [0.25, 0.3) is 0 Å². The van der Waals surface area contributed by atoms with Crippen molar-refractivity contribution in [1.29, 1.82) is 0 Å². The zero-order valence-corrected chi connectivity index (χ0v) is 18.4. The third kappa shape index (κ3) is 5.07. The molecule has 1 aliphatic heterocycles. The molecule has 2 aromatic rings. The Morgan fingerprint density at radius 3 is 2.41 bits per heavy atom. The summed E-state index contributed by atoms with van der Waals surface area (Å²) in [5.41, 5.74) is 5.98. The topological polar surface area (TPSA) is 61.8 Å². The Labute approximate surface area is 176 Å². The molecule has 1 unspecified atom stereocenters. The van der Waals surface area contributed by atoms with E-state index in [2.05, 4.69) is 11.4 Å². The van der Waals surface area contributed by atoms with Gasteiger partial charge >= 0.3 is 0 Å². The number of aliphatic imine (C=N–C) groups is 1. The molecule has 0 bridgehead atoms. The van der Waals surface area contributed by atoms with Gasteiger partial charge in [0.15, 0.2) is 5.17 Å². The van der Waals surface area contributed by atoms with Gasteiger partial charge in [-0.2, -0.15) is 0 Å². The maximum Gasteiger partial charge on any atom is 0.242 e. The predicted molar refractivity (Wildman–Crippen MR) is 121 cm³/mol. The molecule has 0 radical (unpaired) electrons. The Morgan fingerprint density at radius 1 is 1.07 bits per heavy atom. The molecule has 1 fully saturated rings.